The molecule has 1 saturated heterocycles. The standard InChI is InChI=1S/C30H50O6.C30H48O5/c1-7-35-26(31)19-14-12-10-8-9-11-13-15-20-34-22-28(2,3)30(32)27(36-23-29(30,4)5)24-17-16-18-25(21-24)33-6;1-7-34-26(31)19-14-12-10-8-9-11-13-15-20-33-22-29(2,3)28-27(35-23-30(28,4)5)24-17-16-18-25(21-24)32-6/h16-18,21,27,32H,7-15,19-20,22-23H2,1-6H3;16-18,21H,7-15,19-20,22-23H2,1-6H3. The number of hydrogen-bond acceptors (Lipinski definition) is 11. The van der Waals surface area contributed by atoms with E-state index in [0.29, 0.717) is 59.1 Å². The molecule has 0 amide bonds. The number of benzene rings is 2. The first-order valence-electron chi connectivity index (χ1n) is 27.3. The molecule has 1 N–H and O–H groups in total. The minimum Gasteiger partial charge on any atom is -0.497 e. The number of aliphatic hydroxyl groups is 1. The van der Waals surface area contributed by atoms with Gasteiger partial charge in [-0.3, -0.25) is 9.59 Å². The molecule has 0 aromatic heterocycles. The summed E-state index contributed by atoms with van der Waals surface area (Å²) in [6.45, 7) is 25.8. The number of methoxy groups -OCH3 is 2. The van der Waals surface area contributed by atoms with Gasteiger partial charge in [0.1, 0.15) is 29.0 Å². The van der Waals surface area contributed by atoms with E-state index in [4.69, 9.17) is 37.9 Å². The highest BCUT2D eigenvalue weighted by Crippen LogP contribution is 2.58. The van der Waals surface area contributed by atoms with Gasteiger partial charge in [0, 0.05) is 53.3 Å². The van der Waals surface area contributed by atoms with Crippen LogP contribution in [0.5, 0.6) is 11.5 Å². The predicted molar refractivity (Wildman–Crippen MR) is 286 cm³/mol. The zero-order chi connectivity index (χ0) is 52.4. The smallest absolute Gasteiger partial charge is 0.305 e. The fraction of sp³-hybridized carbons (Fsp3) is 0.733. The molecule has 1 fully saturated rings. The number of ether oxygens (including phenoxy) is 8. The minimum absolute atomic E-state index is 0.0401. The molecule has 0 spiro atoms. The molecular formula is C60H98O11. The summed E-state index contributed by atoms with van der Waals surface area (Å²) in [7, 11) is 3.34. The summed E-state index contributed by atoms with van der Waals surface area (Å²) >= 11 is 0. The van der Waals surface area contributed by atoms with Gasteiger partial charge in [0.05, 0.1) is 53.9 Å². The Bertz CT molecular complexity index is 1870. The molecule has 4 rings (SSSR count). The summed E-state index contributed by atoms with van der Waals surface area (Å²) in [5.41, 5.74) is 1.12. The van der Waals surface area contributed by atoms with Crippen LogP contribution in [-0.4, -0.2) is 89.7 Å². The molecule has 2 aromatic rings. The predicted octanol–water partition coefficient (Wildman–Crippen LogP) is 14.2. The lowest BCUT2D eigenvalue weighted by atomic mass is 9.59. The third-order valence-corrected chi connectivity index (χ3v) is 14.3. The molecule has 2 atom stereocenters. The molecule has 0 aliphatic carbocycles. The summed E-state index contributed by atoms with van der Waals surface area (Å²) in [6.07, 6.45) is 19.0. The van der Waals surface area contributed by atoms with E-state index in [9.17, 15) is 14.7 Å². The van der Waals surface area contributed by atoms with Crippen LogP contribution in [0, 0.1) is 21.7 Å². The van der Waals surface area contributed by atoms with Crippen LogP contribution in [0.2, 0.25) is 0 Å². The van der Waals surface area contributed by atoms with Crippen LogP contribution in [0.1, 0.15) is 202 Å². The maximum atomic E-state index is 12.2. The lowest BCUT2D eigenvalue weighted by Gasteiger charge is -2.49. The maximum Gasteiger partial charge on any atom is 0.305 e. The van der Waals surface area contributed by atoms with Crippen molar-refractivity contribution in [2.24, 2.45) is 21.7 Å². The Labute approximate surface area is 430 Å². The summed E-state index contributed by atoms with van der Waals surface area (Å²) in [5.74, 6) is 2.44. The third-order valence-electron chi connectivity index (χ3n) is 14.3. The van der Waals surface area contributed by atoms with Gasteiger partial charge in [0.2, 0.25) is 0 Å². The van der Waals surface area contributed by atoms with Gasteiger partial charge in [-0.25, -0.2) is 0 Å². The van der Waals surface area contributed by atoms with Crippen molar-refractivity contribution < 1.29 is 52.6 Å². The number of carbonyl (C=O) groups excluding carboxylic acids is 2. The molecule has 2 heterocycles. The van der Waals surface area contributed by atoms with Crippen LogP contribution < -0.4 is 9.47 Å². The Kier molecular flexibility index (Phi) is 27.1. The summed E-state index contributed by atoms with van der Waals surface area (Å²) in [4.78, 5) is 22.7. The molecule has 71 heavy (non-hydrogen) atoms. The Hall–Kier alpha value is -3.64. The van der Waals surface area contributed by atoms with Gasteiger partial charge in [0.25, 0.3) is 0 Å². The molecule has 2 aliphatic heterocycles. The normalized spacial score (nSPS) is 18.4. The highest BCUT2D eigenvalue weighted by Gasteiger charge is 2.63. The van der Waals surface area contributed by atoms with Gasteiger partial charge in [-0.05, 0) is 74.9 Å². The second-order valence-corrected chi connectivity index (χ2v) is 22.4. The monoisotopic (exact) mass is 995 g/mol. The summed E-state index contributed by atoms with van der Waals surface area (Å²) in [6, 6.07) is 15.9. The number of hydrogen-bond donors (Lipinski definition) is 1. The number of esters is 2. The molecule has 0 saturated carbocycles. The van der Waals surface area contributed by atoms with Gasteiger partial charge in [-0.15, -0.1) is 0 Å². The Morgan fingerprint density at radius 3 is 1.61 bits per heavy atom. The van der Waals surface area contributed by atoms with E-state index in [1.54, 1.807) is 14.2 Å². The number of carbonyl (C=O) groups is 2. The summed E-state index contributed by atoms with van der Waals surface area (Å²) in [5, 5.41) is 12.2. The minimum atomic E-state index is -1.10. The molecule has 404 valence electrons. The van der Waals surface area contributed by atoms with Crippen LogP contribution in [0.4, 0.5) is 0 Å². The fourth-order valence-corrected chi connectivity index (χ4v) is 10.6. The molecular weight excluding hydrogens is 897 g/mol. The number of rotatable bonds is 34. The van der Waals surface area contributed by atoms with E-state index >= 15 is 0 Å². The second-order valence-electron chi connectivity index (χ2n) is 22.4. The first-order valence-corrected chi connectivity index (χ1v) is 27.3. The maximum absolute atomic E-state index is 12.2. The molecule has 0 radical (unpaired) electrons. The van der Waals surface area contributed by atoms with Crippen molar-refractivity contribution in [3.8, 4) is 11.5 Å². The highest BCUT2D eigenvalue weighted by atomic mass is 16.5. The van der Waals surface area contributed by atoms with Crippen molar-refractivity contribution in [1.82, 2.24) is 0 Å². The van der Waals surface area contributed by atoms with Gasteiger partial charge in [-0.1, -0.05) is 157 Å². The lowest BCUT2D eigenvalue weighted by Crippen LogP contribution is -2.57. The topological polar surface area (TPSA) is 128 Å². The Balaban J connectivity index is 0.000000375. The molecule has 2 aliphatic rings. The van der Waals surface area contributed by atoms with E-state index < -0.39 is 22.5 Å². The van der Waals surface area contributed by atoms with Gasteiger partial charge < -0.3 is 43.0 Å². The van der Waals surface area contributed by atoms with E-state index in [2.05, 4.69) is 61.5 Å². The van der Waals surface area contributed by atoms with Crippen LogP contribution in [-0.2, 0) is 38.0 Å². The lowest BCUT2D eigenvalue weighted by molar-refractivity contribution is -0.177. The van der Waals surface area contributed by atoms with E-state index in [-0.39, 0.29) is 22.8 Å². The van der Waals surface area contributed by atoms with Gasteiger partial charge in [-0.2, -0.15) is 0 Å². The average molecular weight is 995 g/mol. The zero-order valence-corrected chi connectivity index (χ0v) is 46.6. The van der Waals surface area contributed by atoms with Crippen LogP contribution >= 0.6 is 0 Å². The van der Waals surface area contributed by atoms with Crippen LogP contribution in [0.15, 0.2) is 54.1 Å². The first-order chi connectivity index (χ1) is 33.8. The van der Waals surface area contributed by atoms with Gasteiger partial charge in [0.15, 0.2) is 0 Å². The average Bonchev–Trinajstić information content (AvgIpc) is 3.81. The fourth-order valence-electron chi connectivity index (χ4n) is 10.6. The van der Waals surface area contributed by atoms with Crippen molar-refractivity contribution >= 4 is 17.7 Å². The second kappa shape index (κ2) is 31.2. The van der Waals surface area contributed by atoms with Crippen molar-refractivity contribution in [2.75, 3.05) is 67.1 Å². The van der Waals surface area contributed by atoms with Crippen molar-refractivity contribution in [1.29, 1.82) is 0 Å². The van der Waals surface area contributed by atoms with Crippen LogP contribution in [0.3, 0.4) is 0 Å². The Morgan fingerprint density at radius 2 is 1.10 bits per heavy atom. The van der Waals surface area contributed by atoms with Crippen molar-refractivity contribution in [3.63, 3.8) is 0 Å². The quantitative estimate of drug-likeness (QED) is 0.0531. The first kappa shape index (κ1) is 61.7. The summed E-state index contributed by atoms with van der Waals surface area (Å²) < 4.78 is 45.5. The molecule has 2 aromatic carbocycles. The van der Waals surface area contributed by atoms with Gasteiger partial charge >= 0.3 is 11.9 Å². The zero-order valence-electron chi connectivity index (χ0n) is 46.6. The van der Waals surface area contributed by atoms with Crippen LogP contribution in [0.25, 0.3) is 5.76 Å². The van der Waals surface area contributed by atoms with E-state index in [1.807, 2.05) is 56.3 Å². The van der Waals surface area contributed by atoms with Crippen molar-refractivity contribution in [3.05, 3.63) is 65.2 Å². The molecule has 2 unspecified atom stereocenters. The van der Waals surface area contributed by atoms with E-state index in [0.717, 1.165) is 79.9 Å². The molecule has 0 bridgehead atoms. The van der Waals surface area contributed by atoms with Crippen molar-refractivity contribution in [2.45, 2.75) is 197 Å². The molecule has 11 nitrogen and oxygen atoms in total. The SMILES string of the molecule is CCOC(=O)CCCCCCCCCCOCC(C)(C)C1(O)C(c2cccc(OC)c2)OCC1(C)C.CCOC(=O)CCCCCCCCCCOCC(C)(C)C1=C(c2cccc(OC)c2)OCC1(C)C. The third kappa shape index (κ3) is 19.6. The van der Waals surface area contributed by atoms with E-state index in [1.165, 1.54) is 63.4 Å². The molecule has 11 heteroatoms. The Morgan fingerprint density at radius 1 is 0.634 bits per heavy atom. The number of unbranched alkanes of at least 4 members (excludes halogenated alkanes) is 14. The largest absolute Gasteiger partial charge is 0.497 e. The highest BCUT2D eigenvalue weighted by molar-refractivity contribution is 5.70.